The number of nitrogens with one attached hydrogen (secondary N) is 1. The molecule has 2 rings (SSSR count). The lowest BCUT2D eigenvalue weighted by Gasteiger charge is -2.19. The van der Waals surface area contributed by atoms with Crippen molar-refractivity contribution in [3.05, 3.63) is 54.1 Å². The smallest absolute Gasteiger partial charge is 0.245 e. The predicted molar refractivity (Wildman–Crippen MR) is 115 cm³/mol. The number of nitrogens with two attached hydrogens (primary N) is 1. The number of benzene rings is 2. The molecule has 0 aliphatic heterocycles. The van der Waals surface area contributed by atoms with Crippen LogP contribution >= 0.6 is 0 Å². The monoisotopic (exact) mass is 440 g/mol. The molecular formula is C18H24N4O5S2. The molecule has 9 nitrogen and oxygen atoms in total. The van der Waals surface area contributed by atoms with Gasteiger partial charge >= 0.3 is 0 Å². The van der Waals surface area contributed by atoms with E-state index in [1.807, 2.05) is 31.2 Å². The fraction of sp³-hybridized carbons (Fsp3) is 0.278. The first-order valence-electron chi connectivity index (χ1n) is 8.54. The Labute approximate surface area is 171 Å². The third-order valence-corrected chi connectivity index (χ3v) is 6.87. The van der Waals surface area contributed by atoms with Crippen LogP contribution in [0.25, 0.3) is 0 Å². The largest absolute Gasteiger partial charge is 0.492 e. The Morgan fingerprint density at radius 3 is 2.07 bits per heavy atom. The Morgan fingerprint density at radius 1 is 1.00 bits per heavy atom. The zero-order valence-corrected chi connectivity index (χ0v) is 18.0. The standard InChI is InChI=1S/C18H24N4O5S2/c1-14-4-6-15(7-5-14)21-18(19)20-12-13-27-17-10-8-16(9-11-17)22(28(2,23)24)29(3,25)26/h4-11H,12-13H2,1-3H3,(H3,19,20,21). The van der Waals surface area contributed by atoms with Gasteiger partial charge < -0.3 is 15.8 Å². The molecule has 0 spiro atoms. The van der Waals surface area contributed by atoms with Crippen molar-refractivity contribution in [1.29, 1.82) is 0 Å². The van der Waals surface area contributed by atoms with Gasteiger partial charge in [-0.2, -0.15) is 3.71 Å². The van der Waals surface area contributed by atoms with Crippen molar-refractivity contribution in [2.75, 3.05) is 34.7 Å². The minimum atomic E-state index is -3.98. The van der Waals surface area contributed by atoms with E-state index in [-0.39, 0.29) is 18.3 Å². The molecule has 0 amide bonds. The van der Waals surface area contributed by atoms with E-state index in [0.717, 1.165) is 23.8 Å². The number of ether oxygens (including phenoxy) is 1. The van der Waals surface area contributed by atoms with E-state index in [0.29, 0.717) is 16.0 Å². The quantitative estimate of drug-likeness (QED) is 0.361. The molecule has 3 N–H and O–H groups in total. The minimum Gasteiger partial charge on any atom is -0.492 e. The van der Waals surface area contributed by atoms with E-state index in [1.165, 1.54) is 24.3 Å². The van der Waals surface area contributed by atoms with E-state index >= 15 is 0 Å². The van der Waals surface area contributed by atoms with Crippen LogP contribution in [0.5, 0.6) is 5.75 Å². The summed E-state index contributed by atoms with van der Waals surface area (Å²) >= 11 is 0. The van der Waals surface area contributed by atoms with Crippen molar-refractivity contribution in [1.82, 2.24) is 0 Å². The maximum absolute atomic E-state index is 11.8. The SMILES string of the molecule is Cc1ccc(NC(N)=NCCOc2ccc(N(S(C)(=O)=O)S(C)(=O)=O)cc2)cc1. The van der Waals surface area contributed by atoms with Gasteiger partial charge in [0.1, 0.15) is 12.4 Å². The van der Waals surface area contributed by atoms with Gasteiger partial charge in [-0.3, -0.25) is 0 Å². The lowest BCUT2D eigenvalue weighted by atomic mass is 10.2. The average Bonchev–Trinajstić information content (AvgIpc) is 2.60. The molecule has 0 atom stereocenters. The van der Waals surface area contributed by atoms with Gasteiger partial charge in [-0.05, 0) is 43.3 Å². The van der Waals surface area contributed by atoms with Gasteiger partial charge in [0, 0.05) is 5.69 Å². The van der Waals surface area contributed by atoms with Crippen LogP contribution in [-0.4, -0.2) is 48.5 Å². The number of sulfonamides is 2. The number of guanidine groups is 1. The van der Waals surface area contributed by atoms with Crippen molar-refractivity contribution in [3.8, 4) is 5.75 Å². The molecule has 0 fully saturated rings. The van der Waals surface area contributed by atoms with Crippen LogP contribution in [0, 0.1) is 6.92 Å². The van der Waals surface area contributed by atoms with Crippen molar-refractivity contribution in [3.63, 3.8) is 0 Å². The number of aliphatic imine (C=N–C) groups is 1. The maximum atomic E-state index is 11.8. The summed E-state index contributed by atoms with van der Waals surface area (Å²) in [5.74, 6) is 0.695. The lowest BCUT2D eigenvalue weighted by molar-refractivity contribution is 0.329. The molecule has 0 aliphatic rings. The van der Waals surface area contributed by atoms with Crippen molar-refractivity contribution in [2.24, 2.45) is 10.7 Å². The molecule has 11 heteroatoms. The Bertz CT molecular complexity index is 1030. The second kappa shape index (κ2) is 9.14. The molecule has 0 radical (unpaired) electrons. The number of hydrogen-bond acceptors (Lipinski definition) is 6. The fourth-order valence-corrected chi connectivity index (χ4v) is 5.42. The van der Waals surface area contributed by atoms with Crippen LogP contribution in [0.2, 0.25) is 0 Å². The van der Waals surface area contributed by atoms with E-state index < -0.39 is 20.0 Å². The number of anilines is 2. The average molecular weight is 441 g/mol. The molecule has 0 aromatic heterocycles. The van der Waals surface area contributed by atoms with Gasteiger partial charge in [0.15, 0.2) is 5.96 Å². The van der Waals surface area contributed by atoms with Gasteiger partial charge in [0.05, 0.1) is 24.7 Å². The predicted octanol–water partition coefficient (Wildman–Crippen LogP) is 1.53. The number of aryl methyl sites for hydroxylation is 1. The minimum absolute atomic E-state index is 0.00640. The van der Waals surface area contributed by atoms with Crippen molar-refractivity contribution >= 4 is 37.4 Å². The summed E-state index contributed by atoms with van der Waals surface area (Å²) in [6.07, 6.45) is 1.65. The third-order valence-electron chi connectivity index (χ3n) is 3.62. The topological polar surface area (TPSA) is 131 Å². The number of rotatable bonds is 8. The van der Waals surface area contributed by atoms with E-state index in [2.05, 4.69) is 10.3 Å². The second-order valence-electron chi connectivity index (χ2n) is 6.32. The molecule has 0 unspecified atom stereocenters. The van der Waals surface area contributed by atoms with Crippen LogP contribution in [0.3, 0.4) is 0 Å². The molecule has 0 saturated carbocycles. The summed E-state index contributed by atoms with van der Waals surface area (Å²) in [4.78, 5) is 4.16. The van der Waals surface area contributed by atoms with Crippen LogP contribution in [0.15, 0.2) is 53.5 Å². The Balaban J connectivity index is 1.92. The summed E-state index contributed by atoms with van der Waals surface area (Å²) in [6, 6.07) is 13.4. The van der Waals surface area contributed by atoms with Crippen LogP contribution in [0.4, 0.5) is 11.4 Å². The summed E-state index contributed by atoms with van der Waals surface area (Å²) in [5, 5.41) is 2.97. The lowest BCUT2D eigenvalue weighted by Crippen LogP contribution is -2.35. The molecule has 0 saturated heterocycles. The van der Waals surface area contributed by atoms with Gasteiger partial charge in [0.2, 0.25) is 20.0 Å². The molecule has 0 heterocycles. The van der Waals surface area contributed by atoms with Gasteiger partial charge in [-0.25, -0.2) is 21.8 Å². The normalized spacial score (nSPS) is 12.4. The van der Waals surface area contributed by atoms with E-state index in [9.17, 15) is 16.8 Å². The molecule has 0 bridgehead atoms. The van der Waals surface area contributed by atoms with Gasteiger partial charge in [-0.1, -0.05) is 17.7 Å². The fourth-order valence-electron chi connectivity index (χ4n) is 2.45. The van der Waals surface area contributed by atoms with Crippen molar-refractivity contribution in [2.45, 2.75) is 6.92 Å². The Morgan fingerprint density at radius 2 is 1.55 bits per heavy atom. The zero-order valence-electron chi connectivity index (χ0n) is 16.4. The molecule has 29 heavy (non-hydrogen) atoms. The van der Waals surface area contributed by atoms with Crippen LogP contribution in [-0.2, 0) is 20.0 Å². The molecule has 2 aromatic carbocycles. The number of hydrogen-bond donors (Lipinski definition) is 2. The first-order chi connectivity index (χ1) is 13.5. The highest BCUT2D eigenvalue weighted by atomic mass is 32.3. The maximum Gasteiger partial charge on any atom is 0.245 e. The summed E-state index contributed by atoms with van der Waals surface area (Å²) in [7, 11) is -7.96. The summed E-state index contributed by atoms with van der Waals surface area (Å²) < 4.78 is 53.0. The first-order valence-corrected chi connectivity index (χ1v) is 12.2. The summed E-state index contributed by atoms with van der Waals surface area (Å²) in [5.41, 5.74) is 7.80. The molecule has 158 valence electrons. The number of nitrogens with zero attached hydrogens (tertiary/aromatic N) is 2. The first kappa shape index (κ1) is 22.5. The Hall–Kier alpha value is -2.79. The van der Waals surface area contributed by atoms with Crippen LogP contribution < -0.4 is 19.5 Å². The highest BCUT2D eigenvalue weighted by Gasteiger charge is 2.27. The van der Waals surface area contributed by atoms with Crippen LogP contribution in [0.1, 0.15) is 5.56 Å². The van der Waals surface area contributed by atoms with Gasteiger partial charge in [0.25, 0.3) is 0 Å². The van der Waals surface area contributed by atoms with E-state index in [1.54, 1.807) is 0 Å². The Kier molecular flexibility index (Phi) is 7.09. The highest BCUT2D eigenvalue weighted by molar-refractivity contribution is 8.09. The molecule has 2 aromatic rings. The van der Waals surface area contributed by atoms with Gasteiger partial charge in [-0.15, -0.1) is 0 Å². The molecule has 0 aliphatic carbocycles. The van der Waals surface area contributed by atoms with Crippen molar-refractivity contribution < 1.29 is 21.6 Å². The second-order valence-corrected chi connectivity index (χ2v) is 10.2. The highest BCUT2D eigenvalue weighted by Crippen LogP contribution is 2.23. The molecular weight excluding hydrogens is 416 g/mol. The van der Waals surface area contributed by atoms with E-state index in [4.69, 9.17) is 10.5 Å². The zero-order chi connectivity index (χ0) is 21.7. The summed E-state index contributed by atoms with van der Waals surface area (Å²) in [6.45, 7) is 2.52. The third kappa shape index (κ3) is 6.95.